The second kappa shape index (κ2) is 15.0. The minimum atomic E-state index is -1.03. The van der Waals surface area contributed by atoms with Gasteiger partial charge in [0.25, 0.3) is 0 Å². The highest BCUT2D eigenvalue weighted by Gasteiger charge is 2.62. The summed E-state index contributed by atoms with van der Waals surface area (Å²) in [4.78, 5) is 27.6. The van der Waals surface area contributed by atoms with Crippen molar-refractivity contribution in [2.45, 2.75) is 38.5 Å². The fourth-order valence-corrected chi connectivity index (χ4v) is 4.02. The predicted molar refractivity (Wildman–Crippen MR) is 160 cm³/mol. The highest BCUT2D eigenvalue weighted by atomic mass is 35.5. The maximum Gasteiger partial charge on any atom is 0.433 e. The van der Waals surface area contributed by atoms with E-state index in [4.69, 9.17) is 32.7 Å². The summed E-state index contributed by atoms with van der Waals surface area (Å²) in [5, 5.41) is 15.3. The van der Waals surface area contributed by atoms with Gasteiger partial charge in [0.1, 0.15) is 22.1 Å². The zero-order chi connectivity index (χ0) is 29.9. The van der Waals surface area contributed by atoms with Crippen molar-refractivity contribution in [3.8, 4) is 17.6 Å². The van der Waals surface area contributed by atoms with Crippen LogP contribution in [0.25, 0.3) is 0 Å². The number of benzene rings is 2. The molecule has 2 aromatic rings. The molecule has 11 heteroatoms. The summed E-state index contributed by atoms with van der Waals surface area (Å²) in [6.45, 7) is 7.84. The molecule has 1 amide bonds. The average Bonchev–Trinajstić information content (AvgIpc) is 3.46. The van der Waals surface area contributed by atoms with Gasteiger partial charge in [-0.1, -0.05) is 72.5 Å². The summed E-state index contributed by atoms with van der Waals surface area (Å²) in [6.07, 6.45) is 3.62. The van der Waals surface area contributed by atoms with Crippen LogP contribution in [0.15, 0.2) is 70.3 Å². The molecule has 3 rings (SSSR count). The molecule has 0 aliphatic heterocycles. The van der Waals surface area contributed by atoms with E-state index >= 15 is 0 Å². The number of carbonyl (C=O) groups excluding carboxylic acids is 2. The molecule has 0 radical (unpaired) electrons. The lowest BCUT2D eigenvalue weighted by atomic mass is 10.1. The Labute approximate surface area is 249 Å². The van der Waals surface area contributed by atoms with Gasteiger partial charge in [-0.05, 0) is 61.8 Å². The van der Waals surface area contributed by atoms with Crippen LogP contribution >= 0.6 is 35.0 Å². The third-order valence-corrected chi connectivity index (χ3v) is 7.60. The Morgan fingerprint density at radius 1 is 1.15 bits per heavy atom. The lowest BCUT2D eigenvalue weighted by Gasteiger charge is -2.13. The summed E-state index contributed by atoms with van der Waals surface area (Å²) < 4.78 is 11.3. The Balaban J connectivity index is 0.000000395. The Kier molecular flexibility index (Phi) is 12.4. The van der Waals surface area contributed by atoms with Gasteiger partial charge >= 0.3 is 12.1 Å². The van der Waals surface area contributed by atoms with Crippen molar-refractivity contribution in [1.29, 1.82) is 5.26 Å². The van der Waals surface area contributed by atoms with Crippen LogP contribution in [0.5, 0.6) is 11.5 Å². The smallest absolute Gasteiger partial charge is 0.433 e. The third-order valence-electron chi connectivity index (χ3n) is 6.19. The van der Waals surface area contributed by atoms with E-state index in [0.29, 0.717) is 17.1 Å². The number of oxime groups is 1. The molecule has 0 aromatic heterocycles. The van der Waals surface area contributed by atoms with Gasteiger partial charge in [-0.2, -0.15) is 17.0 Å². The minimum Gasteiger partial charge on any atom is -0.457 e. The molecular weight excluding hydrogens is 573 g/mol. The number of carbonyl (C=O) groups is 2. The molecule has 1 saturated carbocycles. The SMILES string of the molecule is CC1(C)[C@H](C=C(Cl)Cl)[C@H]1C(=O)OC(C#N)c1cccc(Oc2ccccc2)c1.CNC(=O)O/N=C/C(C)(C)SC. The van der Waals surface area contributed by atoms with Gasteiger partial charge in [-0.15, -0.1) is 0 Å². The Hall–Kier alpha value is -3.19. The first-order valence-corrected chi connectivity index (χ1v) is 14.3. The number of hydrogen-bond donors (Lipinski definition) is 1. The maximum absolute atomic E-state index is 12.6. The van der Waals surface area contributed by atoms with E-state index in [0.717, 1.165) is 0 Å². The van der Waals surface area contributed by atoms with Gasteiger partial charge in [0, 0.05) is 17.4 Å². The van der Waals surface area contributed by atoms with E-state index in [-0.39, 0.29) is 26.5 Å². The molecule has 1 aliphatic carbocycles. The number of allylic oxidation sites excluding steroid dienone is 1. The van der Waals surface area contributed by atoms with Crippen molar-refractivity contribution in [1.82, 2.24) is 5.32 Å². The maximum atomic E-state index is 12.6. The first kappa shape index (κ1) is 33.0. The number of esters is 1. The topological polar surface area (TPSA) is 110 Å². The Morgan fingerprint density at radius 2 is 1.80 bits per heavy atom. The van der Waals surface area contributed by atoms with Gasteiger partial charge in [-0.3, -0.25) is 9.63 Å². The number of hydrogen-bond acceptors (Lipinski definition) is 8. The number of nitrogens with zero attached hydrogens (tertiary/aromatic N) is 2. The zero-order valence-electron chi connectivity index (χ0n) is 23.2. The number of halogens is 2. The van der Waals surface area contributed by atoms with Crippen molar-refractivity contribution < 1.29 is 23.9 Å². The van der Waals surface area contributed by atoms with Crippen molar-refractivity contribution in [2.24, 2.45) is 22.4 Å². The van der Waals surface area contributed by atoms with Gasteiger partial charge in [-0.25, -0.2) is 4.79 Å². The van der Waals surface area contributed by atoms with E-state index in [2.05, 4.69) is 15.3 Å². The molecule has 214 valence electrons. The quantitative estimate of drug-likeness (QED) is 0.135. The lowest BCUT2D eigenvalue weighted by Crippen LogP contribution is -2.19. The molecule has 40 heavy (non-hydrogen) atoms. The molecule has 0 heterocycles. The number of ether oxygens (including phenoxy) is 2. The molecule has 1 unspecified atom stereocenters. The van der Waals surface area contributed by atoms with E-state index < -0.39 is 18.2 Å². The summed E-state index contributed by atoms with van der Waals surface area (Å²) in [7, 11) is 1.48. The monoisotopic (exact) mass is 605 g/mol. The fraction of sp³-hybridized carbons (Fsp3) is 0.379. The van der Waals surface area contributed by atoms with Crippen LogP contribution in [0.1, 0.15) is 39.4 Å². The Bertz CT molecular complexity index is 1260. The third kappa shape index (κ3) is 10.1. The summed E-state index contributed by atoms with van der Waals surface area (Å²) in [5.41, 5.74) is 0.231. The van der Waals surface area contributed by atoms with Gasteiger partial charge in [0.2, 0.25) is 6.10 Å². The largest absolute Gasteiger partial charge is 0.457 e. The van der Waals surface area contributed by atoms with Crippen molar-refractivity contribution >= 4 is 53.2 Å². The predicted octanol–water partition coefficient (Wildman–Crippen LogP) is 7.65. The minimum absolute atomic E-state index is 0.103. The first-order valence-electron chi connectivity index (χ1n) is 12.3. The molecular formula is C29H33Cl2N3O5S. The van der Waals surface area contributed by atoms with E-state index in [1.165, 1.54) is 7.05 Å². The van der Waals surface area contributed by atoms with Gasteiger partial charge in [0.15, 0.2) is 0 Å². The molecule has 1 aliphatic rings. The number of nitrogens with one attached hydrogen (secondary N) is 1. The second-order valence-electron chi connectivity index (χ2n) is 9.89. The number of thioether (sulfide) groups is 1. The van der Waals surface area contributed by atoms with Crippen LogP contribution in [-0.4, -0.2) is 36.3 Å². The molecule has 0 saturated heterocycles. The van der Waals surface area contributed by atoms with Crippen molar-refractivity contribution in [2.75, 3.05) is 13.3 Å². The van der Waals surface area contributed by atoms with Crippen molar-refractivity contribution in [3.05, 3.63) is 70.7 Å². The van der Waals surface area contributed by atoms with Gasteiger partial charge < -0.3 is 14.8 Å². The van der Waals surface area contributed by atoms with Crippen LogP contribution in [0.3, 0.4) is 0 Å². The fourth-order valence-electron chi connectivity index (χ4n) is 3.60. The highest BCUT2D eigenvalue weighted by Crippen LogP contribution is 2.60. The number of para-hydroxylation sites is 1. The molecule has 3 atom stereocenters. The Morgan fingerprint density at radius 3 is 2.38 bits per heavy atom. The second-order valence-corrected chi connectivity index (χ2v) is 12.4. The van der Waals surface area contributed by atoms with Gasteiger partial charge in [0.05, 0.1) is 12.1 Å². The molecule has 1 fully saturated rings. The van der Waals surface area contributed by atoms with Crippen LogP contribution in [-0.2, 0) is 14.4 Å². The van der Waals surface area contributed by atoms with E-state index in [1.807, 2.05) is 70.4 Å². The summed E-state index contributed by atoms with van der Waals surface area (Å²) in [5.74, 6) is 0.289. The number of nitriles is 1. The first-order chi connectivity index (χ1) is 18.8. The van der Waals surface area contributed by atoms with E-state index in [9.17, 15) is 14.9 Å². The normalized spacial score (nSPS) is 17.8. The number of amides is 1. The molecule has 0 bridgehead atoms. The molecule has 1 N–H and O–H groups in total. The average molecular weight is 607 g/mol. The standard InChI is InChI=1S/C22H19Cl2NO3.C7H14N2O2S/c1-22(2)17(12-19(23)24)20(22)21(26)28-18(13-25)14-7-6-10-16(11-14)27-15-8-4-3-5-9-15;1-7(2,12-4)5-9-11-6(10)8-3/h3-12,17-18,20H,1-2H3;5H,1-4H3,(H,8,10)/b;9-5+/t17-,18?,20+;/m1./s1. The number of rotatable bonds is 9. The van der Waals surface area contributed by atoms with Crippen LogP contribution < -0.4 is 10.1 Å². The lowest BCUT2D eigenvalue weighted by molar-refractivity contribution is -0.149. The summed E-state index contributed by atoms with van der Waals surface area (Å²) >= 11 is 13.1. The zero-order valence-corrected chi connectivity index (χ0v) is 25.5. The molecule has 0 spiro atoms. The molecule has 8 nitrogen and oxygen atoms in total. The highest BCUT2D eigenvalue weighted by molar-refractivity contribution is 8.00. The van der Waals surface area contributed by atoms with Crippen molar-refractivity contribution in [3.63, 3.8) is 0 Å². The van der Waals surface area contributed by atoms with Crippen LogP contribution in [0.4, 0.5) is 4.79 Å². The van der Waals surface area contributed by atoms with Crippen LogP contribution in [0.2, 0.25) is 0 Å². The summed E-state index contributed by atoms with van der Waals surface area (Å²) in [6, 6.07) is 18.3. The van der Waals surface area contributed by atoms with Crippen LogP contribution in [0, 0.1) is 28.6 Å². The molecule has 2 aromatic carbocycles. The van der Waals surface area contributed by atoms with E-state index in [1.54, 1.807) is 48.3 Å².